The lowest BCUT2D eigenvalue weighted by Gasteiger charge is -2.22. The fraction of sp³-hybridized carbons (Fsp3) is 0.450. The third kappa shape index (κ3) is 5.16. The van der Waals surface area contributed by atoms with Crippen LogP contribution in [0.3, 0.4) is 0 Å². The van der Waals surface area contributed by atoms with E-state index in [4.69, 9.17) is 16.7 Å². The van der Waals surface area contributed by atoms with Crippen LogP contribution in [0.15, 0.2) is 34.1 Å². The summed E-state index contributed by atoms with van der Waals surface area (Å²) in [6.45, 7) is 0.893. The van der Waals surface area contributed by atoms with Crippen molar-refractivity contribution >= 4 is 29.3 Å². The van der Waals surface area contributed by atoms with E-state index in [9.17, 15) is 9.59 Å². The lowest BCUT2D eigenvalue weighted by Crippen LogP contribution is -2.31. The fourth-order valence-corrected chi connectivity index (χ4v) is 4.46. The van der Waals surface area contributed by atoms with Crippen molar-refractivity contribution < 1.29 is 9.90 Å². The number of thioether (sulfide) groups is 1. The van der Waals surface area contributed by atoms with Gasteiger partial charge in [-0.15, -0.1) is 0 Å². The molecule has 1 aliphatic rings. The molecule has 1 aromatic heterocycles. The molecule has 0 atom stereocenters. The molecule has 150 valence electrons. The van der Waals surface area contributed by atoms with Gasteiger partial charge in [-0.05, 0) is 43.7 Å². The van der Waals surface area contributed by atoms with Crippen molar-refractivity contribution in [2.24, 2.45) is 0 Å². The topological polar surface area (TPSA) is 84.2 Å². The molecule has 0 radical (unpaired) electrons. The summed E-state index contributed by atoms with van der Waals surface area (Å²) in [6, 6.07) is 7.39. The summed E-state index contributed by atoms with van der Waals surface area (Å²) in [7, 11) is 0. The number of aromatic nitrogens is 2. The molecule has 0 unspecified atom stereocenters. The second-order valence-electron chi connectivity index (χ2n) is 6.72. The first kappa shape index (κ1) is 20.9. The molecule has 1 aliphatic carbocycles. The number of hydrogen-bond donors (Lipinski definition) is 2. The highest BCUT2D eigenvalue weighted by Gasteiger charge is 2.21. The Morgan fingerprint density at radius 2 is 2.07 bits per heavy atom. The average Bonchev–Trinajstić information content (AvgIpc) is 2.71. The summed E-state index contributed by atoms with van der Waals surface area (Å²) in [5.41, 5.74) is 2.66. The number of nitrogens with zero attached hydrogens (tertiary/aromatic N) is 2. The third-order valence-electron chi connectivity index (χ3n) is 4.76. The zero-order chi connectivity index (χ0) is 19.9. The van der Waals surface area contributed by atoms with Crippen molar-refractivity contribution in [3.8, 4) is 0 Å². The second kappa shape index (κ2) is 10.1. The van der Waals surface area contributed by atoms with E-state index in [2.05, 4.69) is 10.3 Å². The molecule has 3 rings (SSSR count). The molecule has 2 aromatic rings. The SMILES string of the molecule is O=C(CSc1nc(=O)n(CCCO)c2c1CCCC2)NCc1ccccc1Cl. The number of benzene rings is 1. The lowest BCUT2D eigenvalue weighted by molar-refractivity contribution is -0.118. The molecule has 1 aromatic carbocycles. The number of aliphatic hydroxyl groups excluding tert-OH is 1. The molecule has 28 heavy (non-hydrogen) atoms. The third-order valence-corrected chi connectivity index (χ3v) is 6.15. The summed E-state index contributed by atoms with van der Waals surface area (Å²) in [5.74, 6) is 0.0741. The molecule has 1 amide bonds. The van der Waals surface area contributed by atoms with Crippen LogP contribution in [-0.4, -0.2) is 32.9 Å². The number of nitrogens with one attached hydrogen (secondary N) is 1. The van der Waals surface area contributed by atoms with Gasteiger partial charge in [-0.3, -0.25) is 9.36 Å². The van der Waals surface area contributed by atoms with E-state index < -0.39 is 0 Å². The highest BCUT2D eigenvalue weighted by Crippen LogP contribution is 2.28. The van der Waals surface area contributed by atoms with Gasteiger partial charge in [0.05, 0.1) is 5.75 Å². The Morgan fingerprint density at radius 3 is 2.86 bits per heavy atom. The first-order valence-electron chi connectivity index (χ1n) is 9.46. The van der Waals surface area contributed by atoms with E-state index in [0.29, 0.717) is 29.6 Å². The van der Waals surface area contributed by atoms with Crippen molar-refractivity contribution in [3.63, 3.8) is 0 Å². The van der Waals surface area contributed by atoms with E-state index in [1.54, 1.807) is 10.6 Å². The molecular formula is C20H24ClN3O3S. The average molecular weight is 422 g/mol. The van der Waals surface area contributed by atoms with Crippen LogP contribution in [0, 0.1) is 0 Å². The number of amides is 1. The van der Waals surface area contributed by atoms with E-state index >= 15 is 0 Å². The van der Waals surface area contributed by atoms with Crippen LogP contribution in [0.5, 0.6) is 0 Å². The molecular weight excluding hydrogens is 398 g/mol. The highest BCUT2D eigenvalue weighted by atomic mass is 35.5. The normalized spacial score (nSPS) is 13.2. The molecule has 8 heteroatoms. The van der Waals surface area contributed by atoms with Crippen LogP contribution in [0.1, 0.15) is 36.1 Å². The number of rotatable bonds is 8. The van der Waals surface area contributed by atoms with Gasteiger partial charge in [-0.1, -0.05) is 41.6 Å². The smallest absolute Gasteiger partial charge is 0.348 e. The van der Waals surface area contributed by atoms with Crippen LogP contribution in [0.2, 0.25) is 5.02 Å². The second-order valence-corrected chi connectivity index (χ2v) is 8.09. The molecule has 0 fully saturated rings. The van der Waals surface area contributed by atoms with Gasteiger partial charge in [0.15, 0.2) is 0 Å². The van der Waals surface area contributed by atoms with Gasteiger partial charge < -0.3 is 10.4 Å². The first-order valence-corrected chi connectivity index (χ1v) is 10.8. The molecule has 0 saturated carbocycles. The fourth-order valence-electron chi connectivity index (χ4n) is 3.35. The van der Waals surface area contributed by atoms with Gasteiger partial charge in [0, 0.05) is 36.0 Å². The summed E-state index contributed by atoms with van der Waals surface area (Å²) in [6.07, 6.45) is 4.33. The van der Waals surface area contributed by atoms with Gasteiger partial charge in [0.25, 0.3) is 0 Å². The molecule has 0 bridgehead atoms. The zero-order valence-corrected chi connectivity index (χ0v) is 17.2. The Labute approximate surface area is 173 Å². The molecule has 0 spiro atoms. The summed E-state index contributed by atoms with van der Waals surface area (Å²) >= 11 is 7.42. The maximum atomic E-state index is 12.5. The number of carbonyl (C=O) groups excluding carboxylic acids is 1. The minimum atomic E-state index is -0.298. The Hall–Kier alpha value is -1.83. The quantitative estimate of drug-likeness (QED) is 0.505. The van der Waals surface area contributed by atoms with Crippen molar-refractivity contribution in [2.45, 2.75) is 50.2 Å². The predicted octanol–water partition coefficient (Wildman–Crippen LogP) is 2.57. The maximum Gasteiger partial charge on any atom is 0.348 e. The van der Waals surface area contributed by atoms with E-state index in [1.165, 1.54) is 11.8 Å². The van der Waals surface area contributed by atoms with Gasteiger partial charge in [-0.2, -0.15) is 4.98 Å². The maximum absolute atomic E-state index is 12.5. The van der Waals surface area contributed by atoms with Crippen molar-refractivity contribution in [1.29, 1.82) is 0 Å². The Bertz CT molecular complexity index is 901. The van der Waals surface area contributed by atoms with Crippen LogP contribution in [0.4, 0.5) is 0 Å². The molecule has 1 heterocycles. The molecule has 6 nitrogen and oxygen atoms in total. The molecule has 0 aliphatic heterocycles. The number of halogens is 1. The Kier molecular flexibility index (Phi) is 7.53. The lowest BCUT2D eigenvalue weighted by atomic mass is 9.97. The van der Waals surface area contributed by atoms with Gasteiger partial charge in [0.2, 0.25) is 5.91 Å². The first-order chi connectivity index (χ1) is 13.6. The summed E-state index contributed by atoms with van der Waals surface area (Å²) in [5, 5.41) is 13.2. The van der Waals surface area contributed by atoms with Crippen LogP contribution >= 0.6 is 23.4 Å². The van der Waals surface area contributed by atoms with Crippen molar-refractivity contribution in [2.75, 3.05) is 12.4 Å². The van der Waals surface area contributed by atoms with Crippen LogP contribution < -0.4 is 11.0 Å². The number of carbonyl (C=O) groups is 1. The number of fused-ring (bicyclic) bond motifs is 1. The minimum absolute atomic E-state index is 0.0450. The van der Waals surface area contributed by atoms with E-state index in [0.717, 1.165) is 42.5 Å². The molecule has 0 saturated heterocycles. The van der Waals surface area contributed by atoms with Crippen LogP contribution in [-0.2, 0) is 30.7 Å². The molecule has 2 N–H and O–H groups in total. The summed E-state index contributed by atoms with van der Waals surface area (Å²) < 4.78 is 1.69. The number of aliphatic hydroxyl groups is 1. The summed E-state index contributed by atoms with van der Waals surface area (Å²) in [4.78, 5) is 28.9. The largest absolute Gasteiger partial charge is 0.396 e. The number of hydrogen-bond acceptors (Lipinski definition) is 5. The van der Waals surface area contributed by atoms with Gasteiger partial charge >= 0.3 is 5.69 Å². The van der Waals surface area contributed by atoms with Gasteiger partial charge in [-0.25, -0.2) is 4.79 Å². The monoisotopic (exact) mass is 421 g/mol. The van der Waals surface area contributed by atoms with Gasteiger partial charge in [0.1, 0.15) is 5.03 Å². The zero-order valence-electron chi connectivity index (χ0n) is 15.6. The Balaban J connectivity index is 1.67. The van der Waals surface area contributed by atoms with Crippen molar-refractivity contribution in [1.82, 2.24) is 14.9 Å². The van der Waals surface area contributed by atoms with Crippen molar-refractivity contribution in [3.05, 3.63) is 56.6 Å². The van der Waals surface area contributed by atoms with Crippen LogP contribution in [0.25, 0.3) is 0 Å². The Morgan fingerprint density at radius 1 is 1.29 bits per heavy atom. The standard InChI is InChI=1S/C20H24ClN3O3S/c21-16-8-3-1-6-14(16)12-22-18(26)13-28-19-15-7-2-4-9-17(15)24(10-5-11-25)20(27)23-19/h1,3,6,8,25H,2,4-5,7,9-13H2,(H,22,26). The highest BCUT2D eigenvalue weighted by molar-refractivity contribution is 7.99. The predicted molar refractivity (Wildman–Crippen MR) is 111 cm³/mol. The minimum Gasteiger partial charge on any atom is -0.396 e. The van der Waals surface area contributed by atoms with E-state index in [-0.39, 0.29) is 24.0 Å². The van der Waals surface area contributed by atoms with E-state index in [1.807, 2.05) is 18.2 Å².